The number of hydrogen-bond donors (Lipinski definition) is 0. The number of hydrogen-bond acceptors (Lipinski definition) is 4. The van der Waals surface area contributed by atoms with E-state index in [1.807, 2.05) is 35.0 Å². The van der Waals surface area contributed by atoms with Crippen LogP contribution in [0.3, 0.4) is 0 Å². The number of rotatable bonds is 6. The smallest absolute Gasteiger partial charge is 0.174 e. The maximum absolute atomic E-state index is 4.45. The predicted octanol–water partition coefficient (Wildman–Crippen LogP) is 3.96. The molecule has 1 heterocycles. The van der Waals surface area contributed by atoms with Gasteiger partial charge in [-0.05, 0) is 41.2 Å². The summed E-state index contributed by atoms with van der Waals surface area (Å²) in [5, 5.41) is 12.9. The lowest BCUT2D eigenvalue weighted by atomic mass is 9.98. The van der Waals surface area contributed by atoms with Crippen LogP contribution in [0.2, 0.25) is 0 Å². The first-order valence-electron chi connectivity index (χ1n) is 9.34. The average molecular weight is 369 g/mol. The van der Waals surface area contributed by atoms with Crippen molar-refractivity contribution in [2.75, 3.05) is 14.1 Å². The van der Waals surface area contributed by atoms with Crippen LogP contribution in [0, 0.1) is 0 Å². The van der Waals surface area contributed by atoms with E-state index in [-0.39, 0.29) is 12.1 Å². The van der Waals surface area contributed by atoms with Crippen LogP contribution >= 0.6 is 0 Å². The minimum atomic E-state index is -0.0986. The molecular formula is C23H23N5. The first-order chi connectivity index (χ1) is 13.8. The van der Waals surface area contributed by atoms with Gasteiger partial charge in [-0.1, -0.05) is 91.0 Å². The second kappa shape index (κ2) is 8.15. The van der Waals surface area contributed by atoms with Crippen molar-refractivity contribution >= 4 is 0 Å². The van der Waals surface area contributed by atoms with Crippen molar-refractivity contribution in [2.45, 2.75) is 12.1 Å². The Kier molecular flexibility index (Phi) is 5.26. The fourth-order valence-corrected chi connectivity index (χ4v) is 3.62. The van der Waals surface area contributed by atoms with Crippen molar-refractivity contribution < 1.29 is 0 Å². The molecule has 0 aliphatic rings. The maximum atomic E-state index is 4.45. The molecule has 0 fully saturated rings. The highest BCUT2D eigenvalue weighted by Crippen LogP contribution is 2.31. The Morgan fingerprint density at radius 3 is 1.61 bits per heavy atom. The molecule has 3 aromatic carbocycles. The van der Waals surface area contributed by atoms with Crippen LogP contribution in [-0.4, -0.2) is 39.2 Å². The molecule has 140 valence electrons. The highest BCUT2D eigenvalue weighted by atomic mass is 15.6. The summed E-state index contributed by atoms with van der Waals surface area (Å²) in [5.41, 5.74) is 3.45. The monoisotopic (exact) mass is 369 g/mol. The third-order valence-electron chi connectivity index (χ3n) is 4.87. The minimum Gasteiger partial charge on any atom is -0.296 e. The summed E-state index contributed by atoms with van der Waals surface area (Å²) >= 11 is 0. The minimum absolute atomic E-state index is 0.0499. The highest BCUT2D eigenvalue weighted by molar-refractivity contribution is 5.34. The molecule has 0 aliphatic heterocycles. The molecule has 0 aliphatic carbocycles. The SMILES string of the molecule is CN(C)[C@@H](c1ccccc1)c1nnnn1C(c1ccccc1)c1ccccc1. The molecule has 0 unspecified atom stereocenters. The molecule has 4 rings (SSSR count). The average Bonchev–Trinajstić information content (AvgIpc) is 3.19. The van der Waals surface area contributed by atoms with Crippen LogP contribution in [0.5, 0.6) is 0 Å². The third-order valence-corrected chi connectivity index (χ3v) is 4.87. The van der Waals surface area contributed by atoms with Crippen LogP contribution in [0.4, 0.5) is 0 Å². The molecule has 0 spiro atoms. The van der Waals surface area contributed by atoms with Gasteiger partial charge in [-0.15, -0.1) is 5.10 Å². The lowest BCUT2D eigenvalue weighted by Crippen LogP contribution is -2.27. The standard InChI is InChI=1S/C23H23N5/c1-27(2)22(20-16-10-5-11-17-20)23-24-25-26-28(23)21(18-12-6-3-7-13-18)19-14-8-4-9-15-19/h3-17,21-22H,1-2H3/t22-/m0/s1. The molecule has 0 N–H and O–H groups in total. The Labute approximate surface area is 165 Å². The molecule has 0 amide bonds. The van der Waals surface area contributed by atoms with Crippen LogP contribution < -0.4 is 0 Å². The van der Waals surface area contributed by atoms with Gasteiger partial charge >= 0.3 is 0 Å². The predicted molar refractivity (Wildman–Crippen MR) is 110 cm³/mol. The second-order valence-electron chi connectivity index (χ2n) is 6.98. The number of tetrazole rings is 1. The summed E-state index contributed by atoms with van der Waals surface area (Å²) < 4.78 is 1.95. The molecule has 5 heteroatoms. The zero-order valence-electron chi connectivity index (χ0n) is 16.1. The fourth-order valence-electron chi connectivity index (χ4n) is 3.62. The quantitative estimate of drug-likeness (QED) is 0.516. The van der Waals surface area contributed by atoms with E-state index in [1.54, 1.807) is 0 Å². The van der Waals surface area contributed by atoms with Gasteiger partial charge in [0.1, 0.15) is 6.04 Å². The van der Waals surface area contributed by atoms with Crippen LogP contribution in [0.25, 0.3) is 0 Å². The van der Waals surface area contributed by atoms with E-state index < -0.39 is 0 Å². The van der Waals surface area contributed by atoms with Crippen LogP contribution in [0.1, 0.15) is 34.6 Å². The number of benzene rings is 3. The molecule has 0 bridgehead atoms. The Morgan fingerprint density at radius 1 is 0.679 bits per heavy atom. The lowest BCUT2D eigenvalue weighted by molar-refractivity contribution is 0.315. The summed E-state index contributed by atoms with van der Waals surface area (Å²) in [6, 6.07) is 30.9. The second-order valence-corrected chi connectivity index (χ2v) is 6.98. The largest absolute Gasteiger partial charge is 0.296 e. The molecule has 28 heavy (non-hydrogen) atoms. The normalized spacial score (nSPS) is 12.4. The van der Waals surface area contributed by atoms with Gasteiger partial charge in [0.15, 0.2) is 5.82 Å². The molecule has 5 nitrogen and oxygen atoms in total. The molecule has 4 aromatic rings. The first-order valence-corrected chi connectivity index (χ1v) is 9.34. The summed E-state index contributed by atoms with van der Waals surface area (Å²) in [7, 11) is 4.10. The Bertz CT molecular complexity index is 957. The van der Waals surface area contributed by atoms with E-state index in [9.17, 15) is 0 Å². The van der Waals surface area contributed by atoms with E-state index in [4.69, 9.17) is 0 Å². The Hall–Kier alpha value is -3.31. The Morgan fingerprint density at radius 2 is 1.14 bits per heavy atom. The summed E-state index contributed by atoms with van der Waals surface area (Å²) in [5.74, 6) is 0.814. The van der Waals surface area contributed by atoms with Crippen molar-refractivity contribution in [3.05, 3.63) is 114 Å². The summed E-state index contributed by atoms with van der Waals surface area (Å²) in [4.78, 5) is 2.14. The van der Waals surface area contributed by atoms with Gasteiger partial charge in [-0.2, -0.15) is 0 Å². The van der Waals surface area contributed by atoms with Crippen molar-refractivity contribution in [2.24, 2.45) is 0 Å². The van der Waals surface area contributed by atoms with E-state index in [0.29, 0.717) is 0 Å². The topological polar surface area (TPSA) is 46.8 Å². The maximum Gasteiger partial charge on any atom is 0.174 e. The van der Waals surface area contributed by atoms with Gasteiger partial charge in [-0.25, -0.2) is 4.68 Å². The van der Waals surface area contributed by atoms with Crippen molar-refractivity contribution in [3.63, 3.8) is 0 Å². The van der Waals surface area contributed by atoms with E-state index in [0.717, 1.165) is 22.5 Å². The Balaban J connectivity index is 1.87. The van der Waals surface area contributed by atoms with Gasteiger partial charge in [-0.3, -0.25) is 4.90 Å². The molecule has 0 saturated carbocycles. The van der Waals surface area contributed by atoms with Crippen LogP contribution in [0.15, 0.2) is 91.0 Å². The molecule has 0 saturated heterocycles. The molecular weight excluding hydrogens is 346 g/mol. The van der Waals surface area contributed by atoms with Crippen LogP contribution in [-0.2, 0) is 0 Å². The van der Waals surface area contributed by atoms with Gasteiger partial charge in [0.25, 0.3) is 0 Å². The van der Waals surface area contributed by atoms with E-state index >= 15 is 0 Å². The first kappa shape index (κ1) is 18.1. The van der Waals surface area contributed by atoms with Gasteiger partial charge in [0, 0.05) is 0 Å². The van der Waals surface area contributed by atoms with Crippen molar-refractivity contribution in [1.29, 1.82) is 0 Å². The number of aromatic nitrogens is 4. The molecule has 1 atom stereocenters. The van der Waals surface area contributed by atoms with Gasteiger partial charge < -0.3 is 0 Å². The number of nitrogens with zero attached hydrogens (tertiary/aromatic N) is 5. The summed E-state index contributed by atoms with van der Waals surface area (Å²) in [6.45, 7) is 0. The van der Waals surface area contributed by atoms with E-state index in [1.165, 1.54) is 0 Å². The molecule has 1 aromatic heterocycles. The van der Waals surface area contributed by atoms with Gasteiger partial charge in [0.05, 0.1) is 6.04 Å². The highest BCUT2D eigenvalue weighted by Gasteiger charge is 2.28. The zero-order chi connectivity index (χ0) is 19.3. The lowest BCUT2D eigenvalue weighted by Gasteiger charge is -2.27. The summed E-state index contributed by atoms with van der Waals surface area (Å²) in [6.07, 6.45) is 0. The van der Waals surface area contributed by atoms with Crippen molar-refractivity contribution in [1.82, 2.24) is 25.1 Å². The van der Waals surface area contributed by atoms with Gasteiger partial charge in [0.2, 0.25) is 0 Å². The van der Waals surface area contributed by atoms with E-state index in [2.05, 4.69) is 95.2 Å². The third kappa shape index (κ3) is 3.57. The zero-order valence-corrected chi connectivity index (χ0v) is 16.1. The fraction of sp³-hybridized carbons (Fsp3) is 0.174. The molecule has 0 radical (unpaired) electrons. The van der Waals surface area contributed by atoms with Crippen molar-refractivity contribution in [3.8, 4) is 0 Å².